The predicted molar refractivity (Wildman–Crippen MR) is 76.3 cm³/mol. The summed E-state index contributed by atoms with van der Waals surface area (Å²) in [4.78, 5) is 14.6. The molecule has 1 aliphatic carbocycles. The van der Waals surface area contributed by atoms with Crippen LogP contribution < -0.4 is 10.6 Å². The number of carbonyl (C=O) groups is 1. The van der Waals surface area contributed by atoms with Gasteiger partial charge in [-0.2, -0.15) is 0 Å². The second kappa shape index (κ2) is 6.16. The first-order valence-corrected chi connectivity index (χ1v) is 8.19. The smallest absolute Gasteiger partial charge is 0.262 e. The van der Waals surface area contributed by atoms with Crippen LogP contribution in [0.4, 0.5) is 8.78 Å². The highest BCUT2D eigenvalue weighted by molar-refractivity contribution is 5.82. The SMILES string of the molecule is O=C(NC1CCN(C2CCCC2)CC1)C1CC(F)(F)CN1. The van der Waals surface area contributed by atoms with Crippen molar-refractivity contribution in [1.29, 1.82) is 0 Å². The topological polar surface area (TPSA) is 44.4 Å². The van der Waals surface area contributed by atoms with Gasteiger partial charge in [0.25, 0.3) is 5.92 Å². The molecule has 120 valence electrons. The fourth-order valence-electron chi connectivity index (χ4n) is 3.88. The molecule has 1 saturated carbocycles. The van der Waals surface area contributed by atoms with Gasteiger partial charge in [-0.15, -0.1) is 0 Å². The van der Waals surface area contributed by atoms with Crippen molar-refractivity contribution in [1.82, 2.24) is 15.5 Å². The first-order chi connectivity index (χ1) is 10.0. The molecule has 21 heavy (non-hydrogen) atoms. The van der Waals surface area contributed by atoms with Crippen molar-refractivity contribution in [2.45, 2.75) is 69.0 Å². The second-order valence-corrected chi connectivity index (χ2v) is 6.75. The summed E-state index contributed by atoms with van der Waals surface area (Å²) in [6.07, 6.45) is 6.78. The Morgan fingerprint density at radius 2 is 1.81 bits per heavy atom. The normalized spacial score (nSPS) is 31.6. The van der Waals surface area contributed by atoms with Crippen LogP contribution >= 0.6 is 0 Å². The van der Waals surface area contributed by atoms with E-state index < -0.39 is 12.0 Å². The van der Waals surface area contributed by atoms with E-state index in [4.69, 9.17) is 0 Å². The summed E-state index contributed by atoms with van der Waals surface area (Å²) in [5.41, 5.74) is 0. The molecule has 2 saturated heterocycles. The highest BCUT2D eigenvalue weighted by Crippen LogP contribution is 2.27. The van der Waals surface area contributed by atoms with Crippen LogP contribution in [0.1, 0.15) is 44.9 Å². The van der Waals surface area contributed by atoms with Gasteiger partial charge in [0.05, 0.1) is 12.6 Å². The zero-order valence-electron chi connectivity index (χ0n) is 12.4. The summed E-state index contributed by atoms with van der Waals surface area (Å²) >= 11 is 0. The van der Waals surface area contributed by atoms with Crippen molar-refractivity contribution < 1.29 is 13.6 Å². The van der Waals surface area contributed by atoms with Gasteiger partial charge in [0.15, 0.2) is 0 Å². The molecule has 4 nitrogen and oxygen atoms in total. The van der Waals surface area contributed by atoms with Crippen molar-refractivity contribution in [3.8, 4) is 0 Å². The fraction of sp³-hybridized carbons (Fsp3) is 0.933. The van der Waals surface area contributed by atoms with Gasteiger partial charge < -0.3 is 10.2 Å². The number of carbonyl (C=O) groups excluding carboxylic acids is 1. The van der Waals surface area contributed by atoms with Gasteiger partial charge in [-0.05, 0) is 25.7 Å². The Labute approximate surface area is 124 Å². The minimum absolute atomic E-state index is 0.145. The van der Waals surface area contributed by atoms with Gasteiger partial charge in [-0.25, -0.2) is 8.78 Å². The van der Waals surface area contributed by atoms with Crippen molar-refractivity contribution >= 4 is 5.91 Å². The Kier molecular flexibility index (Phi) is 4.45. The Bertz CT molecular complexity index is 377. The highest BCUT2D eigenvalue weighted by Gasteiger charge is 2.42. The van der Waals surface area contributed by atoms with Crippen molar-refractivity contribution in [3.05, 3.63) is 0 Å². The molecular formula is C15H25F2N3O. The van der Waals surface area contributed by atoms with Crippen LogP contribution in [-0.2, 0) is 4.79 Å². The second-order valence-electron chi connectivity index (χ2n) is 6.75. The van der Waals surface area contributed by atoms with E-state index in [1.807, 2.05) is 0 Å². The third kappa shape index (κ3) is 3.72. The van der Waals surface area contributed by atoms with Crippen LogP contribution in [-0.4, -0.2) is 54.5 Å². The van der Waals surface area contributed by atoms with Gasteiger partial charge >= 0.3 is 0 Å². The van der Waals surface area contributed by atoms with Crippen molar-refractivity contribution in [2.24, 2.45) is 0 Å². The monoisotopic (exact) mass is 301 g/mol. The number of halogens is 2. The standard InChI is InChI=1S/C15H25F2N3O/c16-15(17)9-13(18-10-15)14(21)19-11-5-7-20(8-6-11)12-3-1-2-4-12/h11-13,18H,1-10H2,(H,19,21). The molecule has 0 radical (unpaired) electrons. The van der Waals surface area contributed by atoms with Gasteiger partial charge in [0.2, 0.25) is 5.91 Å². The molecule has 1 atom stereocenters. The summed E-state index contributed by atoms with van der Waals surface area (Å²) in [7, 11) is 0. The number of piperidine rings is 1. The quantitative estimate of drug-likeness (QED) is 0.830. The molecule has 2 N–H and O–H groups in total. The first kappa shape index (κ1) is 15.2. The van der Waals surface area contributed by atoms with Crippen molar-refractivity contribution in [2.75, 3.05) is 19.6 Å². The molecule has 1 amide bonds. The average Bonchev–Trinajstić information content (AvgIpc) is 3.09. The molecule has 3 fully saturated rings. The van der Waals surface area contributed by atoms with E-state index in [0.717, 1.165) is 32.0 Å². The molecule has 1 unspecified atom stereocenters. The van der Waals surface area contributed by atoms with E-state index in [1.165, 1.54) is 25.7 Å². The highest BCUT2D eigenvalue weighted by atomic mass is 19.3. The molecule has 0 spiro atoms. The van der Waals surface area contributed by atoms with Gasteiger partial charge in [0.1, 0.15) is 0 Å². The third-order valence-corrected chi connectivity index (χ3v) is 5.14. The van der Waals surface area contributed by atoms with Crippen LogP contribution in [0.5, 0.6) is 0 Å². The average molecular weight is 301 g/mol. The molecule has 3 aliphatic rings. The Hall–Kier alpha value is -0.750. The van der Waals surface area contributed by atoms with Gasteiger partial charge in [-0.3, -0.25) is 10.1 Å². The Morgan fingerprint density at radius 3 is 2.38 bits per heavy atom. The lowest BCUT2D eigenvalue weighted by molar-refractivity contribution is -0.124. The fourth-order valence-corrected chi connectivity index (χ4v) is 3.88. The van der Waals surface area contributed by atoms with Crippen LogP contribution in [0.3, 0.4) is 0 Å². The zero-order valence-corrected chi connectivity index (χ0v) is 12.4. The minimum Gasteiger partial charge on any atom is -0.352 e. The number of hydrogen-bond donors (Lipinski definition) is 2. The third-order valence-electron chi connectivity index (χ3n) is 5.14. The van der Waals surface area contributed by atoms with E-state index in [2.05, 4.69) is 15.5 Å². The Morgan fingerprint density at radius 1 is 1.14 bits per heavy atom. The lowest BCUT2D eigenvalue weighted by Crippen LogP contribution is -2.50. The number of rotatable bonds is 3. The van der Waals surface area contributed by atoms with Crippen LogP contribution in [0.15, 0.2) is 0 Å². The number of alkyl halides is 2. The van der Waals surface area contributed by atoms with E-state index in [-0.39, 0.29) is 24.9 Å². The van der Waals surface area contributed by atoms with Crippen LogP contribution in [0.2, 0.25) is 0 Å². The summed E-state index contributed by atoms with van der Waals surface area (Å²) in [6, 6.07) is 0.149. The molecule has 2 aliphatic heterocycles. The lowest BCUT2D eigenvalue weighted by atomic mass is 10.0. The van der Waals surface area contributed by atoms with E-state index in [9.17, 15) is 13.6 Å². The minimum atomic E-state index is -2.74. The molecule has 0 bridgehead atoms. The number of amides is 1. The largest absolute Gasteiger partial charge is 0.352 e. The molecule has 0 aromatic carbocycles. The lowest BCUT2D eigenvalue weighted by Gasteiger charge is -2.36. The Balaban J connectivity index is 1.42. The summed E-state index contributed by atoms with van der Waals surface area (Å²) in [6.45, 7) is 1.65. The summed E-state index contributed by atoms with van der Waals surface area (Å²) < 4.78 is 26.2. The molecule has 2 heterocycles. The molecular weight excluding hydrogens is 276 g/mol. The van der Waals surface area contributed by atoms with E-state index >= 15 is 0 Å². The number of hydrogen-bond acceptors (Lipinski definition) is 3. The van der Waals surface area contributed by atoms with Crippen LogP contribution in [0, 0.1) is 0 Å². The van der Waals surface area contributed by atoms with Gasteiger partial charge in [0, 0.05) is 31.6 Å². The maximum Gasteiger partial charge on any atom is 0.262 e. The molecule has 0 aromatic rings. The van der Waals surface area contributed by atoms with E-state index in [0.29, 0.717) is 0 Å². The molecule has 6 heteroatoms. The number of nitrogens with one attached hydrogen (secondary N) is 2. The summed E-state index contributed by atoms with van der Waals surface area (Å²) in [5.74, 6) is -3.00. The molecule has 3 rings (SSSR count). The van der Waals surface area contributed by atoms with Gasteiger partial charge in [-0.1, -0.05) is 12.8 Å². The number of nitrogens with zero attached hydrogens (tertiary/aromatic N) is 1. The zero-order chi connectivity index (χ0) is 14.9. The summed E-state index contributed by atoms with van der Waals surface area (Å²) in [5, 5.41) is 5.57. The first-order valence-electron chi connectivity index (χ1n) is 8.19. The van der Waals surface area contributed by atoms with Crippen molar-refractivity contribution in [3.63, 3.8) is 0 Å². The maximum absolute atomic E-state index is 13.1. The van der Waals surface area contributed by atoms with Crippen LogP contribution in [0.25, 0.3) is 0 Å². The predicted octanol–water partition coefficient (Wildman–Crippen LogP) is 1.51. The maximum atomic E-state index is 13.1. The number of likely N-dealkylation sites (tertiary alicyclic amines) is 1. The van der Waals surface area contributed by atoms with E-state index in [1.54, 1.807) is 0 Å². The molecule has 0 aromatic heterocycles.